The van der Waals surface area contributed by atoms with Crippen LogP contribution in [0.4, 0.5) is 0 Å². The molecule has 0 radical (unpaired) electrons. The average molecular weight is 240 g/mol. The van der Waals surface area contributed by atoms with E-state index in [9.17, 15) is 5.11 Å². The topological polar surface area (TPSA) is 20.2 Å². The third-order valence-electron chi connectivity index (χ3n) is 2.79. The molecule has 0 aliphatic heterocycles. The average Bonchev–Trinajstić information content (AvgIpc) is 2.74. The smallest absolute Gasteiger partial charge is 0.115 e. The first kappa shape index (κ1) is 10.4. The van der Waals surface area contributed by atoms with E-state index in [1.807, 2.05) is 23.5 Å². The predicted molar refractivity (Wildman–Crippen MR) is 72.7 cm³/mol. The van der Waals surface area contributed by atoms with E-state index in [1.54, 1.807) is 12.1 Å². The Bertz CT molecular complexity index is 604. The van der Waals surface area contributed by atoms with Gasteiger partial charge in [0.1, 0.15) is 5.75 Å². The lowest BCUT2D eigenvalue weighted by Crippen LogP contribution is -1.82. The Morgan fingerprint density at radius 2 is 1.71 bits per heavy atom. The summed E-state index contributed by atoms with van der Waals surface area (Å²) < 4.78 is 1.33. The van der Waals surface area contributed by atoms with E-state index in [0.29, 0.717) is 5.75 Å². The van der Waals surface area contributed by atoms with Crippen molar-refractivity contribution in [3.8, 4) is 5.75 Å². The third kappa shape index (κ3) is 2.17. The number of benzene rings is 2. The highest BCUT2D eigenvalue weighted by atomic mass is 32.1. The molecule has 0 spiro atoms. The van der Waals surface area contributed by atoms with Crippen LogP contribution in [0, 0.1) is 0 Å². The highest BCUT2D eigenvalue weighted by Gasteiger charge is 2.02. The molecule has 17 heavy (non-hydrogen) atoms. The van der Waals surface area contributed by atoms with Crippen molar-refractivity contribution in [1.82, 2.24) is 0 Å². The molecular formula is C15H12OS. The Hall–Kier alpha value is -1.80. The van der Waals surface area contributed by atoms with Gasteiger partial charge in [0.2, 0.25) is 0 Å². The molecule has 0 bridgehead atoms. The molecule has 0 amide bonds. The van der Waals surface area contributed by atoms with Crippen LogP contribution >= 0.6 is 11.3 Å². The van der Waals surface area contributed by atoms with Gasteiger partial charge in [-0.15, -0.1) is 11.3 Å². The number of hydrogen-bond donors (Lipinski definition) is 1. The number of rotatable bonds is 2. The Morgan fingerprint density at radius 3 is 2.47 bits per heavy atom. The Labute approximate surface area is 104 Å². The molecule has 0 atom stereocenters. The minimum atomic E-state index is 0.324. The summed E-state index contributed by atoms with van der Waals surface area (Å²) in [6.45, 7) is 0. The van der Waals surface area contributed by atoms with Gasteiger partial charge in [-0.25, -0.2) is 0 Å². The molecule has 2 aromatic carbocycles. The second kappa shape index (κ2) is 4.22. The van der Waals surface area contributed by atoms with E-state index in [2.05, 4.69) is 30.3 Å². The minimum Gasteiger partial charge on any atom is -0.508 e. The Kier molecular flexibility index (Phi) is 2.57. The lowest BCUT2D eigenvalue weighted by molar-refractivity contribution is 0.475. The first-order valence-electron chi connectivity index (χ1n) is 5.57. The maximum absolute atomic E-state index is 9.24. The van der Waals surface area contributed by atoms with Crippen LogP contribution in [0.15, 0.2) is 54.6 Å². The van der Waals surface area contributed by atoms with Gasteiger partial charge in [0, 0.05) is 16.0 Å². The van der Waals surface area contributed by atoms with Crippen molar-refractivity contribution in [2.45, 2.75) is 6.42 Å². The molecule has 0 unspecified atom stereocenters. The first-order chi connectivity index (χ1) is 8.31. The van der Waals surface area contributed by atoms with Crippen molar-refractivity contribution >= 4 is 21.4 Å². The molecule has 3 rings (SSSR count). The fraction of sp³-hybridized carbons (Fsp3) is 0.0667. The van der Waals surface area contributed by atoms with Gasteiger partial charge in [0.05, 0.1) is 0 Å². The molecular weight excluding hydrogens is 228 g/mol. The molecule has 1 nitrogen and oxygen atoms in total. The molecule has 0 saturated carbocycles. The zero-order chi connectivity index (χ0) is 11.7. The van der Waals surface area contributed by atoms with E-state index < -0.39 is 0 Å². The van der Waals surface area contributed by atoms with Gasteiger partial charge in [-0.3, -0.25) is 0 Å². The largest absolute Gasteiger partial charge is 0.508 e. The van der Waals surface area contributed by atoms with Gasteiger partial charge in [-0.2, -0.15) is 0 Å². The van der Waals surface area contributed by atoms with E-state index in [1.165, 1.54) is 20.5 Å². The molecule has 1 N–H and O–H groups in total. The van der Waals surface area contributed by atoms with Crippen LogP contribution in [0.3, 0.4) is 0 Å². The van der Waals surface area contributed by atoms with Crippen LogP contribution in [-0.4, -0.2) is 5.11 Å². The Morgan fingerprint density at radius 1 is 0.941 bits per heavy atom. The van der Waals surface area contributed by atoms with Gasteiger partial charge in [0.25, 0.3) is 0 Å². The van der Waals surface area contributed by atoms with Gasteiger partial charge in [-0.1, -0.05) is 30.3 Å². The summed E-state index contributed by atoms with van der Waals surface area (Å²) in [5.41, 5.74) is 1.23. The molecule has 0 fully saturated rings. The summed E-state index contributed by atoms with van der Waals surface area (Å²) in [6.07, 6.45) is 0.930. The monoisotopic (exact) mass is 240 g/mol. The standard InChI is InChI=1S/C15H12OS/c16-13-7-5-11(6-8-13)9-14-10-12-3-1-2-4-15(12)17-14/h1-8,10,16H,9H2. The fourth-order valence-corrected chi connectivity index (χ4v) is 3.04. The van der Waals surface area contributed by atoms with Crippen LogP contribution in [0.2, 0.25) is 0 Å². The van der Waals surface area contributed by atoms with Crippen LogP contribution in [0.1, 0.15) is 10.4 Å². The highest BCUT2D eigenvalue weighted by Crippen LogP contribution is 2.27. The van der Waals surface area contributed by atoms with E-state index in [0.717, 1.165) is 6.42 Å². The van der Waals surface area contributed by atoms with Gasteiger partial charge in [-0.05, 0) is 35.2 Å². The van der Waals surface area contributed by atoms with Crippen molar-refractivity contribution in [3.63, 3.8) is 0 Å². The lowest BCUT2D eigenvalue weighted by Gasteiger charge is -1.98. The summed E-state index contributed by atoms with van der Waals surface area (Å²) in [6, 6.07) is 18.1. The van der Waals surface area contributed by atoms with Crippen molar-refractivity contribution in [3.05, 3.63) is 65.0 Å². The first-order valence-corrected chi connectivity index (χ1v) is 6.38. The zero-order valence-electron chi connectivity index (χ0n) is 9.26. The molecule has 84 valence electrons. The summed E-state index contributed by atoms with van der Waals surface area (Å²) >= 11 is 1.83. The number of hydrogen-bond acceptors (Lipinski definition) is 2. The fourth-order valence-electron chi connectivity index (χ4n) is 1.94. The molecule has 2 heteroatoms. The summed E-state index contributed by atoms with van der Waals surface area (Å²) in [5.74, 6) is 0.324. The predicted octanol–water partition coefficient (Wildman–Crippen LogP) is 4.20. The molecule has 0 aliphatic carbocycles. The molecule has 1 aromatic heterocycles. The van der Waals surface area contributed by atoms with Crippen molar-refractivity contribution in [1.29, 1.82) is 0 Å². The minimum absolute atomic E-state index is 0.324. The molecule has 3 aromatic rings. The SMILES string of the molecule is Oc1ccc(Cc2cc3ccccc3s2)cc1. The van der Waals surface area contributed by atoms with E-state index in [4.69, 9.17) is 0 Å². The molecule has 0 aliphatic rings. The number of aromatic hydroxyl groups is 1. The van der Waals surface area contributed by atoms with Crippen molar-refractivity contribution < 1.29 is 5.11 Å². The van der Waals surface area contributed by atoms with Crippen LogP contribution in [0.25, 0.3) is 10.1 Å². The van der Waals surface area contributed by atoms with Crippen LogP contribution < -0.4 is 0 Å². The second-order valence-corrected chi connectivity index (χ2v) is 5.26. The quantitative estimate of drug-likeness (QED) is 0.711. The van der Waals surface area contributed by atoms with E-state index in [-0.39, 0.29) is 0 Å². The lowest BCUT2D eigenvalue weighted by atomic mass is 10.1. The van der Waals surface area contributed by atoms with Crippen LogP contribution in [-0.2, 0) is 6.42 Å². The maximum Gasteiger partial charge on any atom is 0.115 e. The number of phenols is 1. The van der Waals surface area contributed by atoms with Gasteiger partial charge in [0.15, 0.2) is 0 Å². The maximum atomic E-state index is 9.24. The van der Waals surface area contributed by atoms with Crippen molar-refractivity contribution in [2.24, 2.45) is 0 Å². The summed E-state index contributed by atoms with van der Waals surface area (Å²) in [4.78, 5) is 1.36. The Balaban J connectivity index is 1.92. The highest BCUT2D eigenvalue weighted by molar-refractivity contribution is 7.19. The third-order valence-corrected chi connectivity index (χ3v) is 3.91. The normalized spacial score (nSPS) is 10.8. The van der Waals surface area contributed by atoms with Gasteiger partial charge < -0.3 is 5.11 Å². The number of fused-ring (bicyclic) bond motifs is 1. The van der Waals surface area contributed by atoms with Gasteiger partial charge >= 0.3 is 0 Å². The number of phenolic OH excluding ortho intramolecular Hbond substituents is 1. The van der Waals surface area contributed by atoms with E-state index >= 15 is 0 Å². The zero-order valence-corrected chi connectivity index (χ0v) is 10.1. The van der Waals surface area contributed by atoms with Crippen LogP contribution in [0.5, 0.6) is 5.75 Å². The molecule has 0 saturated heterocycles. The second-order valence-electron chi connectivity index (χ2n) is 4.09. The number of thiophene rings is 1. The summed E-state index contributed by atoms with van der Waals surface area (Å²) in [7, 11) is 0. The molecule has 1 heterocycles. The van der Waals surface area contributed by atoms with Crippen molar-refractivity contribution in [2.75, 3.05) is 0 Å². The summed E-state index contributed by atoms with van der Waals surface area (Å²) in [5, 5.41) is 10.6.